The van der Waals surface area contributed by atoms with Crippen LogP contribution in [0.3, 0.4) is 0 Å². The number of pyridine rings is 2. The first-order valence-electron chi connectivity index (χ1n) is 11.4. The molecule has 0 amide bonds. The predicted molar refractivity (Wildman–Crippen MR) is 125 cm³/mol. The molecule has 0 saturated carbocycles. The lowest BCUT2D eigenvalue weighted by Gasteiger charge is -2.22. The lowest BCUT2D eigenvalue weighted by molar-refractivity contribution is -0.147. The van der Waals surface area contributed by atoms with Gasteiger partial charge < -0.3 is 18.8 Å². The number of aryl methyl sites for hydroxylation is 1. The van der Waals surface area contributed by atoms with Crippen molar-refractivity contribution in [1.82, 2.24) is 9.55 Å². The molecule has 0 spiro atoms. The fourth-order valence-corrected chi connectivity index (χ4v) is 4.71. The minimum Gasteiger partial charge on any atom is -0.460 e. The Labute approximate surface area is 196 Å². The molecule has 1 atom stereocenters. The monoisotopic (exact) mass is 462 g/mol. The van der Waals surface area contributed by atoms with Crippen LogP contribution in [-0.2, 0) is 33.8 Å². The number of hydrogen-bond acceptors (Lipinski definition) is 7. The summed E-state index contributed by atoms with van der Waals surface area (Å²) in [4.78, 5) is 42.4. The van der Waals surface area contributed by atoms with Gasteiger partial charge in [0.05, 0.1) is 34.9 Å². The Morgan fingerprint density at radius 2 is 1.97 bits per heavy atom. The topological polar surface area (TPSA) is 96.7 Å². The molecule has 0 radical (unpaired) electrons. The number of rotatable bonds is 2. The molecule has 0 aliphatic carbocycles. The van der Waals surface area contributed by atoms with Crippen molar-refractivity contribution in [2.24, 2.45) is 0 Å². The van der Waals surface area contributed by atoms with E-state index in [1.54, 1.807) is 50.5 Å². The molecular weight excluding hydrogens is 436 g/mol. The summed E-state index contributed by atoms with van der Waals surface area (Å²) in [6, 6.07) is 7.17. The zero-order chi connectivity index (χ0) is 24.4. The highest BCUT2D eigenvalue weighted by Gasteiger charge is 2.33. The Hall–Kier alpha value is -3.68. The van der Waals surface area contributed by atoms with Gasteiger partial charge in [0.2, 0.25) is 0 Å². The van der Waals surface area contributed by atoms with Crippen molar-refractivity contribution < 1.29 is 23.8 Å². The fraction of sp³-hybridized carbons (Fsp3) is 0.385. The first-order chi connectivity index (χ1) is 16.1. The van der Waals surface area contributed by atoms with Gasteiger partial charge in [-0.3, -0.25) is 9.59 Å². The van der Waals surface area contributed by atoms with E-state index in [0.717, 1.165) is 27.7 Å². The number of carbonyl (C=O) groups is 2. The molecule has 2 aromatic heterocycles. The van der Waals surface area contributed by atoms with Crippen molar-refractivity contribution in [2.45, 2.75) is 65.7 Å². The van der Waals surface area contributed by atoms with E-state index in [2.05, 4.69) is 0 Å². The van der Waals surface area contributed by atoms with E-state index in [0.29, 0.717) is 35.5 Å². The van der Waals surface area contributed by atoms with E-state index in [1.165, 1.54) is 0 Å². The molecule has 3 aromatic rings. The molecule has 0 N–H and O–H groups in total. The van der Waals surface area contributed by atoms with Gasteiger partial charge in [-0.25, -0.2) is 9.78 Å². The summed E-state index contributed by atoms with van der Waals surface area (Å²) in [7, 11) is 0. The van der Waals surface area contributed by atoms with Crippen LogP contribution in [0.1, 0.15) is 62.8 Å². The quantitative estimate of drug-likeness (QED) is 0.320. The molecule has 0 bridgehead atoms. The minimum absolute atomic E-state index is 0.00459. The van der Waals surface area contributed by atoms with E-state index in [4.69, 9.17) is 19.2 Å². The standard InChI is InChI=1S/C26H26N2O6/c1-6-15-17-9-14(33-25(31)34-26(3,4)5)7-8-20(17)27-22-18(15)11-28-21(22)10-16-13(2)24(30)32-12-19(16)23(28)29/h7-10,13H,6,11-12H2,1-5H3. The summed E-state index contributed by atoms with van der Waals surface area (Å²) >= 11 is 0. The van der Waals surface area contributed by atoms with Crippen molar-refractivity contribution in [1.29, 1.82) is 0 Å². The number of cyclic esters (lactones) is 1. The number of nitrogens with zero attached hydrogens (tertiary/aromatic N) is 2. The molecule has 1 aromatic carbocycles. The Morgan fingerprint density at radius 3 is 2.68 bits per heavy atom. The van der Waals surface area contributed by atoms with Crippen molar-refractivity contribution in [2.75, 3.05) is 0 Å². The summed E-state index contributed by atoms with van der Waals surface area (Å²) in [6.07, 6.45) is -0.0630. The van der Waals surface area contributed by atoms with Crippen molar-refractivity contribution in [3.05, 3.63) is 56.9 Å². The Bertz CT molecular complexity index is 1430. The number of carbonyl (C=O) groups excluding carboxylic acids is 2. The number of aromatic nitrogens is 2. The zero-order valence-electron chi connectivity index (χ0n) is 19.9. The Kier molecular flexibility index (Phi) is 5.00. The predicted octanol–water partition coefficient (Wildman–Crippen LogP) is 4.46. The summed E-state index contributed by atoms with van der Waals surface area (Å²) in [6.45, 7) is 9.51. The van der Waals surface area contributed by atoms with Crippen molar-refractivity contribution >= 4 is 23.0 Å². The van der Waals surface area contributed by atoms with Crippen molar-refractivity contribution in [3.8, 4) is 17.1 Å². The summed E-state index contributed by atoms with van der Waals surface area (Å²) in [5.74, 6) is -0.454. The van der Waals surface area contributed by atoms with Crippen LogP contribution in [0.5, 0.6) is 5.75 Å². The van der Waals surface area contributed by atoms with Gasteiger partial charge in [0.1, 0.15) is 18.0 Å². The second-order valence-electron chi connectivity index (χ2n) is 9.70. The molecule has 8 heteroatoms. The SMILES string of the molecule is CCc1c2c(nc3ccc(OC(=O)OC(C)(C)C)cc13)-c1cc3c(c(=O)n1C2)COC(=O)C3C. The zero-order valence-corrected chi connectivity index (χ0v) is 19.9. The van der Waals surface area contributed by atoms with Gasteiger partial charge in [0.25, 0.3) is 5.56 Å². The van der Waals surface area contributed by atoms with E-state index in [-0.39, 0.29) is 18.1 Å². The Balaban J connectivity index is 1.61. The number of esters is 1. The van der Waals surface area contributed by atoms with Gasteiger partial charge in [0, 0.05) is 10.9 Å². The summed E-state index contributed by atoms with van der Waals surface area (Å²) in [5.41, 5.74) is 4.63. The normalized spacial score (nSPS) is 16.5. The maximum absolute atomic E-state index is 13.3. The molecule has 1 unspecified atom stereocenters. The highest BCUT2D eigenvalue weighted by molar-refractivity contribution is 5.90. The maximum Gasteiger partial charge on any atom is 0.514 e. The summed E-state index contributed by atoms with van der Waals surface area (Å²) in [5, 5.41) is 0.861. The van der Waals surface area contributed by atoms with Gasteiger partial charge in [0.15, 0.2) is 0 Å². The van der Waals surface area contributed by atoms with E-state index < -0.39 is 17.7 Å². The molecule has 2 aliphatic rings. The van der Waals surface area contributed by atoms with Crippen LogP contribution in [0.4, 0.5) is 4.79 Å². The molecule has 2 aliphatic heterocycles. The first-order valence-corrected chi connectivity index (χ1v) is 11.4. The molecule has 5 rings (SSSR count). The van der Waals surface area contributed by atoms with Crippen LogP contribution >= 0.6 is 0 Å². The van der Waals surface area contributed by atoms with Gasteiger partial charge in [-0.05, 0) is 69.5 Å². The molecule has 4 heterocycles. The Morgan fingerprint density at radius 1 is 1.21 bits per heavy atom. The number of hydrogen-bond donors (Lipinski definition) is 0. The number of benzene rings is 1. The van der Waals surface area contributed by atoms with Crippen molar-refractivity contribution in [3.63, 3.8) is 0 Å². The molecule has 0 saturated heterocycles. The highest BCUT2D eigenvalue weighted by atomic mass is 16.7. The first kappa shape index (κ1) is 22.1. The summed E-state index contributed by atoms with van der Waals surface area (Å²) < 4.78 is 17.6. The molecule has 34 heavy (non-hydrogen) atoms. The second kappa shape index (κ2) is 7.68. The molecule has 0 fully saturated rings. The van der Waals surface area contributed by atoms with E-state index in [9.17, 15) is 14.4 Å². The van der Waals surface area contributed by atoms with Gasteiger partial charge >= 0.3 is 12.1 Å². The van der Waals surface area contributed by atoms with Gasteiger partial charge in [-0.15, -0.1) is 0 Å². The third-order valence-electron chi connectivity index (χ3n) is 6.29. The maximum atomic E-state index is 13.3. The second-order valence-corrected chi connectivity index (χ2v) is 9.70. The van der Waals surface area contributed by atoms with Crippen LogP contribution in [-0.4, -0.2) is 27.3 Å². The lowest BCUT2D eigenvalue weighted by Crippen LogP contribution is -2.31. The third-order valence-corrected chi connectivity index (χ3v) is 6.29. The van der Waals surface area contributed by atoms with Gasteiger partial charge in [-0.1, -0.05) is 6.92 Å². The van der Waals surface area contributed by atoms with Crippen LogP contribution in [0.2, 0.25) is 0 Å². The number of fused-ring (bicyclic) bond motifs is 5. The minimum atomic E-state index is -0.769. The molecule has 176 valence electrons. The van der Waals surface area contributed by atoms with E-state index in [1.807, 2.05) is 13.0 Å². The largest absolute Gasteiger partial charge is 0.514 e. The van der Waals surface area contributed by atoms with Crippen LogP contribution in [0.25, 0.3) is 22.3 Å². The highest BCUT2D eigenvalue weighted by Crippen LogP contribution is 2.39. The van der Waals surface area contributed by atoms with Gasteiger partial charge in [-0.2, -0.15) is 0 Å². The third kappa shape index (κ3) is 3.54. The van der Waals surface area contributed by atoms with Crippen LogP contribution in [0, 0.1) is 0 Å². The van der Waals surface area contributed by atoms with E-state index >= 15 is 0 Å². The molecule has 8 nitrogen and oxygen atoms in total. The average molecular weight is 463 g/mol. The lowest BCUT2D eigenvalue weighted by atomic mass is 9.93. The average Bonchev–Trinajstić information content (AvgIpc) is 3.12. The van der Waals surface area contributed by atoms with Crippen LogP contribution in [0.15, 0.2) is 29.1 Å². The fourth-order valence-electron chi connectivity index (χ4n) is 4.71. The molecular formula is C26H26N2O6. The van der Waals surface area contributed by atoms with Crippen LogP contribution < -0.4 is 10.3 Å². The number of ether oxygens (including phenoxy) is 3. The smallest absolute Gasteiger partial charge is 0.460 e.